The van der Waals surface area contributed by atoms with Gasteiger partial charge in [0, 0.05) is 23.4 Å². The Morgan fingerprint density at radius 3 is 1.89 bits per heavy atom. The van der Waals surface area contributed by atoms with Crippen molar-refractivity contribution in [2.75, 3.05) is 5.75 Å². The number of thioether (sulfide) groups is 1. The summed E-state index contributed by atoms with van der Waals surface area (Å²) in [5.74, 6) is -8.81. The van der Waals surface area contributed by atoms with E-state index in [0.717, 1.165) is 18.9 Å². The van der Waals surface area contributed by atoms with E-state index in [1.807, 2.05) is 0 Å². The molecule has 2 saturated carbocycles. The Hall–Kier alpha value is -2.61. The molecule has 0 unspecified atom stereocenters. The molecule has 2 aromatic carbocycles. The molecule has 0 heterocycles. The van der Waals surface area contributed by atoms with Gasteiger partial charge in [-0.05, 0) is 80.8 Å². The van der Waals surface area contributed by atoms with Crippen LogP contribution in [0, 0.1) is 35.2 Å². The molecule has 4 rings (SSSR count). The Balaban J connectivity index is 1.29. The van der Waals surface area contributed by atoms with Crippen LogP contribution in [0.4, 0.5) is 41.4 Å². The molecule has 0 atom stereocenters. The van der Waals surface area contributed by atoms with Crippen LogP contribution in [0.3, 0.4) is 0 Å². The number of rotatable bonds is 9. The Morgan fingerprint density at radius 1 is 0.841 bits per heavy atom. The van der Waals surface area contributed by atoms with Crippen molar-refractivity contribution in [3.05, 3.63) is 76.7 Å². The first-order valence-electron chi connectivity index (χ1n) is 13.9. The minimum Gasteiger partial charge on any atom is -0.426 e. The monoisotopic (exact) mass is 676 g/mol. The highest BCUT2D eigenvalue weighted by Crippen LogP contribution is 3.02. The fourth-order valence-electron chi connectivity index (χ4n) is 6.20. The van der Waals surface area contributed by atoms with Gasteiger partial charge >= 0.3 is 16.2 Å². The van der Waals surface area contributed by atoms with Crippen LogP contribution < -0.4 is 4.74 Å². The predicted octanol–water partition coefficient (Wildman–Crippen LogP) is 11.9. The summed E-state index contributed by atoms with van der Waals surface area (Å²) < 4.78 is 140. The number of ether oxygens (including phenoxy) is 1. The molecule has 14 heteroatoms. The van der Waals surface area contributed by atoms with Crippen LogP contribution in [0.5, 0.6) is 5.75 Å². The van der Waals surface area contributed by atoms with Crippen LogP contribution in [0.2, 0.25) is 0 Å². The van der Waals surface area contributed by atoms with Crippen LogP contribution in [0.25, 0.3) is 5.83 Å². The van der Waals surface area contributed by atoms with Crippen LogP contribution in [-0.2, 0) is 4.79 Å². The molecule has 2 fully saturated rings. The Bertz CT molecular complexity index is 1420. The van der Waals surface area contributed by atoms with Gasteiger partial charge < -0.3 is 4.74 Å². The first-order valence-corrected chi connectivity index (χ1v) is 16.8. The largest absolute Gasteiger partial charge is 0.426 e. The maximum atomic E-state index is 14.9. The number of benzene rings is 2. The molecule has 0 N–H and O–H groups in total. The lowest BCUT2D eigenvalue weighted by molar-refractivity contribution is -0.140. The topological polar surface area (TPSA) is 26.3 Å². The van der Waals surface area contributed by atoms with Crippen molar-refractivity contribution in [1.29, 1.82) is 0 Å². The molecule has 0 bridgehead atoms. The summed E-state index contributed by atoms with van der Waals surface area (Å²) in [6.07, 6.45) is 6.29. The van der Waals surface area contributed by atoms with E-state index >= 15 is 0 Å². The van der Waals surface area contributed by atoms with E-state index in [9.17, 15) is 46.2 Å². The van der Waals surface area contributed by atoms with Gasteiger partial charge in [0.05, 0.1) is 5.92 Å². The minimum absolute atomic E-state index is 0.0798. The lowest BCUT2D eigenvalue weighted by Crippen LogP contribution is -2.30. The lowest BCUT2D eigenvalue weighted by Gasteiger charge is -2.40. The Morgan fingerprint density at radius 2 is 1.39 bits per heavy atom. The summed E-state index contributed by atoms with van der Waals surface area (Å²) in [5, 5.41) is -1.05. The van der Waals surface area contributed by atoms with Crippen molar-refractivity contribution in [2.45, 2.75) is 62.2 Å². The van der Waals surface area contributed by atoms with Crippen molar-refractivity contribution >= 4 is 33.8 Å². The number of carbonyl (C=O) groups excluding carboxylic acids is 1. The second-order valence-electron chi connectivity index (χ2n) is 11.3. The molecule has 0 aliphatic heterocycles. The van der Waals surface area contributed by atoms with E-state index in [4.69, 9.17) is 4.74 Å². The van der Waals surface area contributed by atoms with Crippen molar-refractivity contribution in [3.8, 4) is 5.75 Å². The molecule has 2 nitrogen and oxygen atoms in total. The third-order valence-electron chi connectivity index (χ3n) is 8.31. The van der Waals surface area contributed by atoms with Gasteiger partial charge in [0.2, 0.25) is 0 Å². The fourth-order valence-corrected chi connectivity index (χ4v) is 7.56. The van der Waals surface area contributed by atoms with Gasteiger partial charge in [-0.1, -0.05) is 49.4 Å². The Kier molecular flexibility index (Phi) is 9.58. The van der Waals surface area contributed by atoms with Gasteiger partial charge in [0.1, 0.15) is 11.6 Å². The van der Waals surface area contributed by atoms with Gasteiger partial charge in [0.15, 0.2) is 27.5 Å². The summed E-state index contributed by atoms with van der Waals surface area (Å²) in [6, 6.07) is 3.68. The van der Waals surface area contributed by atoms with E-state index in [2.05, 4.69) is 6.58 Å². The first-order chi connectivity index (χ1) is 20.4. The van der Waals surface area contributed by atoms with Crippen LogP contribution in [0.15, 0.2) is 53.0 Å². The molecule has 0 amide bonds. The lowest BCUT2D eigenvalue weighted by atomic mass is 9.68. The summed E-state index contributed by atoms with van der Waals surface area (Å²) in [6.45, 7) is 3.44. The van der Waals surface area contributed by atoms with E-state index in [1.165, 1.54) is 18.2 Å². The van der Waals surface area contributed by atoms with Crippen LogP contribution >= 0.6 is 22.0 Å². The summed E-state index contributed by atoms with van der Waals surface area (Å²) in [5.41, 5.74) is 0.257. The highest BCUT2D eigenvalue weighted by Gasteiger charge is 2.69. The zero-order valence-electron chi connectivity index (χ0n) is 23.3. The molecule has 244 valence electrons. The van der Waals surface area contributed by atoms with E-state index < -0.39 is 61.2 Å². The van der Waals surface area contributed by atoms with Crippen LogP contribution in [0.1, 0.15) is 68.4 Å². The molecule has 0 radical (unpaired) electrons. The number of esters is 1. The number of carbonyl (C=O) groups is 1. The van der Waals surface area contributed by atoms with E-state index in [0.29, 0.717) is 61.8 Å². The van der Waals surface area contributed by atoms with Gasteiger partial charge in [0.25, 0.3) is 0 Å². The van der Waals surface area contributed by atoms with Gasteiger partial charge in [-0.3, -0.25) is 4.79 Å². The standard InChI is InChI=1S/C30H30F10O2S2/c1-2-13-43-29(35)27(34)21-11-12-23(24(31)14-21)19-7-3-17(4-8-19)18-5-9-20(10-6-18)30(41)42-22-15-25(32)28(26(33)16-22)44(36,37,38,39)40/h2,11-12,14-20H,1,3-10,13H2/b29-27-. The summed E-state index contributed by atoms with van der Waals surface area (Å²) in [7, 11) is -10.6. The normalized spacial score (nSPS) is 25.0. The first kappa shape index (κ1) is 34.3. The minimum atomic E-state index is -10.6. The molecule has 0 aromatic heterocycles. The van der Waals surface area contributed by atoms with Crippen molar-refractivity contribution in [3.63, 3.8) is 0 Å². The summed E-state index contributed by atoms with van der Waals surface area (Å²) >= 11 is 0.623. The number of halogens is 10. The van der Waals surface area contributed by atoms with E-state index in [-0.39, 0.29) is 35.3 Å². The Labute approximate surface area is 252 Å². The van der Waals surface area contributed by atoms with Crippen LogP contribution in [-0.4, -0.2) is 11.7 Å². The van der Waals surface area contributed by atoms with Crippen molar-refractivity contribution in [1.82, 2.24) is 0 Å². The average molecular weight is 677 g/mol. The molecule has 2 aliphatic rings. The average Bonchev–Trinajstić information content (AvgIpc) is 2.93. The maximum absolute atomic E-state index is 14.9. The molecule has 0 saturated heterocycles. The van der Waals surface area contributed by atoms with Crippen molar-refractivity contribution in [2.24, 2.45) is 17.8 Å². The quantitative estimate of drug-likeness (QED) is 0.114. The zero-order valence-corrected chi connectivity index (χ0v) is 24.9. The zero-order chi connectivity index (χ0) is 32.5. The molecular formula is C30H30F10O2S2. The molecule has 2 aliphatic carbocycles. The maximum Gasteiger partial charge on any atom is 0.315 e. The van der Waals surface area contributed by atoms with Gasteiger partial charge in [-0.25, -0.2) is 17.6 Å². The third kappa shape index (κ3) is 8.15. The molecule has 2 aromatic rings. The summed E-state index contributed by atoms with van der Waals surface area (Å²) in [4.78, 5) is 9.26. The highest BCUT2D eigenvalue weighted by molar-refractivity contribution is 8.45. The fraction of sp³-hybridized carbons (Fsp3) is 0.433. The molecule has 44 heavy (non-hydrogen) atoms. The van der Waals surface area contributed by atoms with Crippen molar-refractivity contribution < 1.29 is 50.9 Å². The molecule has 0 spiro atoms. The van der Waals surface area contributed by atoms with E-state index in [1.54, 1.807) is 0 Å². The smallest absolute Gasteiger partial charge is 0.315 e. The molecular weight excluding hydrogens is 646 g/mol. The van der Waals surface area contributed by atoms with Gasteiger partial charge in [-0.15, -0.1) is 6.58 Å². The number of hydrogen-bond acceptors (Lipinski definition) is 3. The highest BCUT2D eigenvalue weighted by atomic mass is 32.5. The number of hydrogen-bond donors (Lipinski definition) is 0. The van der Waals surface area contributed by atoms with Gasteiger partial charge in [-0.2, -0.15) is 4.39 Å². The second-order valence-corrected chi connectivity index (χ2v) is 14.6. The second kappa shape index (κ2) is 12.3. The SMILES string of the molecule is C=CCS/C(F)=C(\F)c1ccc(C2CCC(C3CCC(C(=O)Oc4cc(F)c(S(F)(F)(F)(F)F)c(F)c4)CC3)CC2)c(F)c1. The third-order valence-corrected chi connectivity index (χ3v) is 10.3. The predicted molar refractivity (Wildman–Crippen MR) is 152 cm³/mol.